The molecule has 0 fully saturated rings. The normalized spacial score (nSPS) is 14.1. The SMILES string of the molecule is CC(C)=CCCC(C)/C=C(/O)OC(=O)C/C=C/C(C)CCC=C(C)C. The van der Waals surface area contributed by atoms with E-state index in [0.717, 1.165) is 25.7 Å². The van der Waals surface area contributed by atoms with Crippen LogP contribution in [0.3, 0.4) is 0 Å². The lowest BCUT2D eigenvalue weighted by Crippen LogP contribution is -2.04. The molecule has 3 nitrogen and oxygen atoms in total. The highest BCUT2D eigenvalue weighted by molar-refractivity contribution is 5.72. The number of hydrogen-bond donors (Lipinski definition) is 1. The van der Waals surface area contributed by atoms with Crippen molar-refractivity contribution in [3.8, 4) is 0 Å². The van der Waals surface area contributed by atoms with Crippen LogP contribution in [0.1, 0.15) is 73.6 Å². The summed E-state index contributed by atoms with van der Waals surface area (Å²) in [6.45, 7) is 12.5. The molecular formula is C22H36O3. The summed E-state index contributed by atoms with van der Waals surface area (Å²) in [7, 11) is 0. The molecule has 0 aromatic rings. The molecule has 0 spiro atoms. The van der Waals surface area contributed by atoms with Crippen LogP contribution in [-0.4, -0.2) is 11.1 Å². The standard InChI is InChI=1S/C22H36O3/c1-17(2)10-7-12-19(5)13-9-15-21(23)25-22(24)16-20(6)14-8-11-18(3)4/h9-11,13,16,19-20,24H,7-8,12,14-15H2,1-6H3/b13-9+,22-16-. The molecule has 0 saturated carbocycles. The van der Waals surface area contributed by atoms with E-state index in [0.29, 0.717) is 5.92 Å². The highest BCUT2D eigenvalue weighted by Gasteiger charge is 2.06. The maximum atomic E-state index is 11.7. The second-order valence-corrected chi connectivity index (χ2v) is 7.28. The van der Waals surface area contributed by atoms with Crippen LogP contribution in [0.4, 0.5) is 0 Å². The van der Waals surface area contributed by atoms with Gasteiger partial charge in [0.05, 0.1) is 6.42 Å². The van der Waals surface area contributed by atoms with Crippen molar-refractivity contribution in [3.05, 3.63) is 47.5 Å². The molecule has 0 heterocycles. The van der Waals surface area contributed by atoms with Gasteiger partial charge in [0.1, 0.15) is 0 Å². The number of carbonyl (C=O) groups is 1. The third kappa shape index (κ3) is 15.5. The molecule has 25 heavy (non-hydrogen) atoms. The smallest absolute Gasteiger partial charge is 0.317 e. The summed E-state index contributed by atoms with van der Waals surface area (Å²) in [5, 5.41) is 9.75. The Hall–Kier alpha value is -1.77. The molecule has 142 valence electrons. The Morgan fingerprint density at radius 3 is 2.00 bits per heavy atom. The van der Waals surface area contributed by atoms with Gasteiger partial charge < -0.3 is 9.84 Å². The van der Waals surface area contributed by atoms with Crippen molar-refractivity contribution in [3.63, 3.8) is 0 Å². The van der Waals surface area contributed by atoms with E-state index in [-0.39, 0.29) is 18.3 Å². The first-order valence-electron chi connectivity index (χ1n) is 9.25. The predicted molar refractivity (Wildman–Crippen MR) is 106 cm³/mol. The molecule has 0 aromatic heterocycles. The van der Waals surface area contributed by atoms with Crippen LogP contribution >= 0.6 is 0 Å². The first kappa shape index (κ1) is 23.2. The largest absolute Gasteiger partial charge is 0.481 e. The van der Waals surface area contributed by atoms with E-state index in [1.165, 1.54) is 11.1 Å². The van der Waals surface area contributed by atoms with Crippen molar-refractivity contribution in [2.24, 2.45) is 11.8 Å². The maximum Gasteiger partial charge on any atom is 0.317 e. The maximum absolute atomic E-state index is 11.7. The third-order valence-corrected chi connectivity index (χ3v) is 3.74. The van der Waals surface area contributed by atoms with Crippen LogP contribution < -0.4 is 0 Å². The van der Waals surface area contributed by atoms with Gasteiger partial charge in [-0.25, -0.2) is 0 Å². The van der Waals surface area contributed by atoms with Crippen molar-refractivity contribution in [1.29, 1.82) is 0 Å². The van der Waals surface area contributed by atoms with E-state index < -0.39 is 5.97 Å². The van der Waals surface area contributed by atoms with Crippen molar-refractivity contribution in [2.45, 2.75) is 73.6 Å². The monoisotopic (exact) mass is 348 g/mol. The van der Waals surface area contributed by atoms with Gasteiger partial charge in [-0.15, -0.1) is 0 Å². The van der Waals surface area contributed by atoms with Gasteiger partial charge in [-0.05, 0) is 71.3 Å². The molecule has 0 aromatic carbocycles. The van der Waals surface area contributed by atoms with E-state index in [2.05, 4.69) is 46.8 Å². The lowest BCUT2D eigenvalue weighted by atomic mass is 10.0. The van der Waals surface area contributed by atoms with Crippen molar-refractivity contribution < 1.29 is 14.6 Å². The summed E-state index contributed by atoms with van der Waals surface area (Å²) in [5.41, 5.74) is 2.62. The number of ether oxygens (including phenoxy) is 1. The first-order valence-corrected chi connectivity index (χ1v) is 9.25. The molecule has 0 bridgehead atoms. The average molecular weight is 349 g/mol. The highest BCUT2D eigenvalue weighted by Crippen LogP contribution is 2.13. The fourth-order valence-corrected chi connectivity index (χ4v) is 2.28. The van der Waals surface area contributed by atoms with Crippen molar-refractivity contribution in [2.75, 3.05) is 0 Å². The van der Waals surface area contributed by atoms with Gasteiger partial charge in [0.15, 0.2) is 0 Å². The third-order valence-electron chi connectivity index (χ3n) is 3.74. The van der Waals surface area contributed by atoms with Crippen LogP contribution in [0.2, 0.25) is 0 Å². The predicted octanol–water partition coefficient (Wildman–Crippen LogP) is 6.64. The number of rotatable bonds is 11. The Kier molecular flexibility index (Phi) is 12.6. The van der Waals surface area contributed by atoms with Crippen LogP contribution in [0.5, 0.6) is 0 Å². The van der Waals surface area contributed by atoms with E-state index in [4.69, 9.17) is 4.74 Å². The van der Waals surface area contributed by atoms with Gasteiger partial charge in [-0.2, -0.15) is 0 Å². The van der Waals surface area contributed by atoms with Crippen LogP contribution in [0.15, 0.2) is 47.5 Å². The van der Waals surface area contributed by atoms with Gasteiger partial charge in [0.2, 0.25) is 0 Å². The number of esters is 1. The molecule has 0 saturated heterocycles. The number of hydrogen-bond acceptors (Lipinski definition) is 3. The summed E-state index contributed by atoms with van der Waals surface area (Å²) in [6.07, 6.45) is 14.0. The summed E-state index contributed by atoms with van der Waals surface area (Å²) < 4.78 is 4.94. The van der Waals surface area contributed by atoms with Crippen LogP contribution in [0.25, 0.3) is 0 Å². The lowest BCUT2D eigenvalue weighted by molar-refractivity contribution is -0.142. The minimum Gasteiger partial charge on any atom is -0.481 e. The van der Waals surface area contributed by atoms with Crippen LogP contribution in [-0.2, 0) is 9.53 Å². The second kappa shape index (κ2) is 13.5. The Morgan fingerprint density at radius 2 is 1.48 bits per heavy atom. The Balaban J connectivity index is 4.14. The Morgan fingerprint density at radius 1 is 0.960 bits per heavy atom. The second-order valence-electron chi connectivity index (χ2n) is 7.28. The molecule has 1 N–H and O–H groups in total. The molecule has 0 radical (unpaired) electrons. The average Bonchev–Trinajstić information content (AvgIpc) is 2.45. The minimum atomic E-state index is -0.432. The number of aliphatic hydroxyl groups excluding tert-OH is 1. The number of carbonyl (C=O) groups excluding carboxylic acids is 1. The molecule has 2 unspecified atom stereocenters. The summed E-state index contributed by atoms with van der Waals surface area (Å²) in [5.74, 6) is -0.144. The molecule has 0 rings (SSSR count). The number of allylic oxidation sites excluding steroid dienone is 6. The summed E-state index contributed by atoms with van der Waals surface area (Å²) in [4.78, 5) is 11.7. The van der Waals surface area contributed by atoms with Crippen molar-refractivity contribution >= 4 is 5.97 Å². The van der Waals surface area contributed by atoms with Crippen molar-refractivity contribution in [1.82, 2.24) is 0 Å². The molecule has 0 amide bonds. The zero-order chi connectivity index (χ0) is 19.2. The fraction of sp³-hybridized carbons (Fsp3) is 0.591. The van der Waals surface area contributed by atoms with E-state index in [1.54, 1.807) is 6.08 Å². The highest BCUT2D eigenvalue weighted by atomic mass is 16.6. The van der Waals surface area contributed by atoms with Gasteiger partial charge in [0.25, 0.3) is 5.95 Å². The Bertz CT molecular complexity index is 501. The summed E-state index contributed by atoms with van der Waals surface area (Å²) in [6, 6.07) is 0. The zero-order valence-electron chi connectivity index (χ0n) is 16.8. The van der Waals surface area contributed by atoms with Crippen LogP contribution in [0, 0.1) is 11.8 Å². The fourth-order valence-electron chi connectivity index (χ4n) is 2.28. The quantitative estimate of drug-likeness (QED) is 0.258. The number of aliphatic hydroxyl groups is 1. The lowest BCUT2D eigenvalue weighted by Gasteiger charge is -2.07. The zero-order valence-corrected chi connectivity index (χ0v) is 16.8. The topological polar surface area (TPSA) is 46.5 Å². The summed E-state index contributed by atoms with van der Waals surface area (Å²) >= 11 is 0. The molecule has 2 atom stereocenters. The van der Waals surface area contributed by atoms with E-state index >= 15 is 0 Å². The van der Waals surface area contributed by atoms with Gasteiger partial charge in [0, 0.05) is 0 Å². The first-order chi connectivity index (χ1) is 11.7. The minimum absolute atomic E-state index is 0.161. The molecule has 0 aliphatic heterocycles. The molecular weight excluding hydrogens is 312 g/mol. The Labute approximate surface area is 154 Å². The van der Waals surface area contributed by atoms with E-state index in [9.17, 15) is 9.90 Å². The van der Waals surface area contributed by atoms with Gasteiger partial charge >= 0.3 is 5.97 Å². The van der Waals surface area contributed by atoms with E-state index in [1.807, 2.05) is 19.1 Å². The molecule has 0 aliphatic carbocycles. The van der Waals surface area contributed by atoms with Gasteiger partial charge in [-0.1, -0.05) is 49.3 Å². The van der Waals surface area contributed by atoms with Gasteiger partial charge in [-0.3, -0.25) is 4.79 Å². The molecule has 3 heteroatoms. The molecule has 0 aliphatic rings.